The molecule has 1 aromatic rings. The third-order valence-electron chi connectivity index (χ3n) is 2.95. The first-order valence-electron chi connectivity index (χ1n) is 5.95. The van der Waals surface area contributed by atoms with Crippen LogP contribution in [-0.2, 0) is 14.8 Å². The van der Waals surface area contributed by atoms with Gasteiger partial charge in [-0.15, -0.1) is 0 Å². The standard InChI is InChI=1S/C12H16FNO4S/c1-9-6-14(7-11(8-15)18-9)19(16,17)12-4-2-10(13)3-5-12/h2-5,9,11,15H,6-8H2,1H3. The highest BCUT2D eigenvalue weighted by atomic mass is 32.2. The van der Waals surface area contributed by atoms with Crippen LogP contribution in [0.5, 0.6) is 0 Å². The second kappa shape index (κ2) is 5.54. The number of rotatable bonds is 3. The van der Waals surface area contributed by atoms with Crippen molar-refractivity contribution >= 4 is 10.0 Å². The lowest BCUT2D eigenvalue weighted by atomic mass is 10.2. The maximum Gasteiger partial charge on any atom is 0.243 e. The number of aliphatic hydroxyl groups is 1. The van der Waals surface area contributed by atoms with Gasteiger partial charge in [0, 0.05) is 13.1 Å². The van der Waals surface area contributed by atoms with Gasteiger partial charge in [0.1, 0.15) is 5.82 Å². The van der Waals surface area contributed by atoms with Crippen LogP contribution >= 0.6 is 0 Å². The Morgan fingerprint density at radius 1 is 1.37 bits per heavy atom. The van der Waals surface area contributed by atoms with Crippen molar-refractivity contribution < 1.29 is 22.7 Å². The number of nitrogens with zero attached hydrogens (tertiary/aromatic N) is 1. The van der Waals surface area contributed by atoms with Crippen molar-refractivity contribution in [3.8, 4) is 0 Å². The van der Waals surface area contributed by atoms with Gasteiger partial charge >= 0.3 is 0 Å². The highest BCUT2D eigenvalue weighted by molar-refractivity contribution is 7.89. The molecule has 1 aromatic carbocycles. The zero-order valence-corrected chi connectivity index (χ0v) is 11.3. The Morgan fingerprint density at radius 2 is 2.00 bits per heavy atom. The van der Waals surface area contributed by atoms with E-state index >= 15 is 0 Å². The quantitative estimate of drug-likeness (QED) is 0.884. The maximum atomic E-state index is 12.8. The molecular formula is C12H16FNO4S. The van der Waals surface area contributed by atoms with Crippen molar-refractivity contribution in [1.29, 1.82) is 0 Å². The van der Waals surface area contributed by atoms with Crippen molar-refractivity contribution in [2.45, 2.75) is 24.0 Å². The second-order valence-electron chi connectivity index (χ2n) is 4.53. The summed E-state index contributed by atoms with van der Waals surface area (Å²) < 4.78 is 44.2. The van der Waals surface area contributed by atoms with Crippen LogP contribution in [0.25, 0.3) is 0 Å². The highest BCUT2D eigenvalue weighted by Gasteiger charge is 2.33. The van der Waals surface area contributed by atoms with Gasteiger partial charge in [0.05, 0.1) is 23.7 Å². The minimum atomic E-state index is -3.68. The lowest BCUT2D eigenvalue weighted by Crippen LogP contribution is -2.50. The van der Waals surface area contributed by atoms with Crippen molar-refractivity contribution in [3.05, 3.63) is 30.1 Å². The molecule has 0 radical (unpaired) electrons. The van der Waals surface area contributed by atoms with E-state index in [0.29, 0.717) is 0 Å². The molecular weight excluding hydrogens is 273 g/mol. The molecule has 2 atom stereocenters. The van der Waals surface area contributed by atoms with Gasteiger partial charge in [-0.05, 0) is 31.2 Å². The number of hydrogen-bond acceptors (Lipinski definition) is 4. The minimum Gasteiger partial charge on any atom is -0.394 e. The van der Waals surface area contributed by atoms with Crippen LogP contribution in [0.15, 0.2) is 29.2 Å². The third kappa shape index (κ3) is 3.11. The summed E-state index contributed by atoms with van der Waals surface area (Å²) in [5, 5.41) is 9.10. The van der Waals surface area contributed by atoms with Crippen LogP contribution in [0.4, 0.5) is 4.39 Å². The average Bonchev–Trinajstić information content (AvgIpc) is 2.38. The van der Waals surface area contributed by atoms with E-state index in [0.717, 1.165) is 12.1 Å². The molecule has 0 amide bonds. The normalized spacial score (nSPS) is 25.4. The molecule has 1 aliphatic rings. The molecule has 1 aliphatic heterocycles. The molecule has 0 spiro atoms. The SMILES string of the molecule is CC1CN(S(=O)(=O)c2ccc(F)cc2)CC(CO)O1. The summed E-state index contributed by atoms with van der Waals surface area (Å²) in [6, 6.07) is 4.69. The van der Waals surface area contributed by atoms with E-state index < -0.39 is 21.9 Å². The molecule has 2 rings (SSSR count). The van der Waals surface area contributed by atoms with Crippen molar-refractivity contribution in [2.75, 3.05) is 19.7 Å². The number of halogens is 1. The van der Waals surface area contributed by atoms with Gasteiger partial charge in [-0.25, -0.2) is 12.8 Å². The summed E-state index contributed by atoms with van der Waals surface area (Å²) in [7, 11) is -3.68. The lowest BCUT2D eigenvalue weighted by molar-refractivity contribution is -0.0750. The minimum absolute atomic E-state index is 0.0414. The van der Waals surface area contributed by atoms with Crippen molar-refractivity contribution in [3.63, 3.8) is 0 Å². The Hall–Kier alpha value is -1.02. The molecule has 0 aromatic heterocycles. The van der Waals surface area contributed by atoms with Gasteiger partial charge in [0.25, 0.3) is 0 Å². The summed E-state index contributed by atoms with van der Waals surface area (Å²) in [6.07, 6.45) is -0.819. The predicted octanol–water partition coefficient (Wildman–Crippen LogP) is 0.596. The number of morpholine rings is 1. The van der Waals surface area contributed by atoms with E-state index in [1.807, 2.05) is 0 Å². The van der Waals surface area contributed by atoms with E-state index in [9.17, 15) is 12.8 Å². The van der Waals surface area contributed by atoms with Crippen LogP contribution < -0.4 is 0 Å². The van der Waals surface area contributed by atoms with Gasteiger partial charge in [-0.2, -0.15) is 4.31 Å². The van der Waals surface area contributed by atoms with Gasteiger partial charge in [0.15, 0.2) is 0 Å². The smallest absolute Gasteiger partial charge is 0.243 e. The zero-order chi connectivity index (χ0) is 14.0. The summed E-state index contributed by atoms with van der Waals surface area (Å²) >= 11 is 0. The fraction of sp³-hybridized carbons (Fsp3) is 0.500. The topological polar surface area (TPSA) is 66.8 Å². The molecule has 0 aliphatic carbocycles. The molecule has 1 saturated heterocycles. The molecule has 2 unspecified atom stereocenters. The molecule has 1 fully saturated rings. The van der Waals surface area contributed by atoms with Crippen LogP contribution in [0.2, 0.25) is 0 Å². The Morgan fingerprint density at radius 3 is 2.58 bits per heavy atom. The van der Waals surface area contributed by atoms with Crippen molar-refractivity contribution in [2.24, 2.45) is 0 Å². The van der Waals surface area contributed by atoms with Crippen molar-refractivity contribution in [1.82, 2.24) is 4.31 Å². The fourth-order valence-electron chi connectivity index (χ4n) is 2.06. The Kier molecular flexibility index (Phi) is 4.19. The van der Waals surface area contributed by atoms with Crippen LogP contribution in [0.3, 0.4) is 0 Å². The van der Waals surface area contributed by atoms with E-state index in [-0.39, 0.29) is 30.7 Å². The van der Waals surface area contributed by atoms with Gasteiger partial charge in [0.2, 0.25) is 10.0 Å². The number of aliphatic hydroxyl groups excluding tert-OH is 1. The van der Waals surface area contributed by atoms with E-state index in [4.69, 9.17) is 9.84 Å². The van der Waals surface area contributed by atoms with E-state index in [2.05, 4.69) is 0 Å². The lowest BCUT2D eigenvalue weighted by Gasteiger charge is -2.35. The summed E-state index contributed by atoms with van der Waals surface area (Å²) in [5.41, 5.74) is 0. The molecule has 0 saturated carbocycles. The van der Waals surface area contributed by atoms with Crippen LogP contribution in [-0.4, -0.2) is 49.7 Å². The summed E-state index contributed by atoms with van der Waals surface area (Å²) in [6.45, 7) is 1.82. The van der Waals surface area contributed by atoms with Gasteiger partial charge < -0.3 is 9.84 Å². The van der Waals surface area contributed by atoms with E-state index in [1.54, 1.807) is 6.92 Å². The molecule has 106 valence electrons. The molecule has 1 N–H and O–H groups in total. The second-order valence-corrected chi connectivity index (χ2v) is 6.47. The average molecular weight is 289 g/mol. The fourth-order valence-corrected chi connectivity index (χ4v) is 3.60. The number of hydrogen-bond donors (Lipinski definition) is 1. The number of ether oxygens (including phenoxy) is 1. The Balaban J connectivity index is 2.26. The number of sulfonamides is 1. The molecule has 19 heavy (non-hydrogen) atoms. The summed E-state index contributed by atoms with van der Waals surface area (Å²) in [4.78, 5) is 0.0414. The Labute approximate surface area is 111 Å². The van der Waals surface area contributed by atoms with Gasteiger partial charge in [-0.1, -0.05) is 0 Å². The monoisotopic (exact) mass is 289 g/mol. The molecule has 0 bridgehead atoms. The van der Waals surface area contributed by atoms with Gasteiger partial charge in [-0.3, -0.25) is 0 Å². The third-order valence-corrected chi connectivity index (χ3v) is 4.79. The molecule has 7 heteroatoms. The zero-order valence-electron chi connectivity index (χ0n) is 10.5. The first-order valence-corrected chi connectivity index (χ1v) is 7.39. The summed E-state index contributed by atoms with van der Waals surface area (Å²) in [5.74, 6) is -0.484. The predicted molar refractivity (Wildman–Crippen MR) is 66.6 cm³/mol. The number of benzene rings is 1. The maximum absolute atomic E-state index is 12.8. The Bertz CT molecular complexity index is 531. The molecule has 5 nitrogen and oxygen atoms in total. The van der Waals surface area contributed by atoms with Crippen LogP contribution in [0, 0.1) is 5.82 Å². The molecule has 1 heterocycles. The largest absolute Gasteiger partial charge is 0.394 e. The van der Waals surface area contributed by atoms with Crippen LogP contribution in [0.1, 0.15) is 6.92 Å². The highest BCUT2D eigenvalue weighted by Crippen LogP contribution is 2.21. The van der Waals surface area contributed by atoms with E-state index in [1.165, 1.54) is 16.4 Å². The first-order chi connectivity index (χ1) is 8.93. The first kappa shape index (κ1) is 14.4.